The molecule has 0 atom stereocenters. The van der Waals surface area contributed by atoms with E-state index in [2.05, 4.69) is 20.4 Å². The predicted molar refractivity (Wildman–Crippen MR) is 108 cm³/mol. The lowest BCUT2D eigenvalue weighted by Gasteiger charge is -2.22. The summed E-state index contributed by atoms with van der Waals surface area (Å²) in [7, 11) is 0. The van der Waals surface area contributed by atoms with E-state index >= 15 is 0 Å². The normalized spacial score (nSPS) is 14.9. The summed E-state index contributed by atoms with van der Waals surface area (Å²) >= 11 is 1.23. The highest BCUT2D eigenvalue weighted by atomic mass is 32.1. The van der Waals surface area contributed by atoms with Gasteiger partial charge in [0.25, 0.3) is 0 Å². The van der Waals surface area contributed by atoms with E-state index in [1.54, 1.807) is 19.1 Å². The number of amides is 1. The number of hydrogen-bond donors (Lipinski definition) is 1. The number of thiazole rings is 1. The zero-order valence-electron chi connectivity index (χ0n) is 16.1. The third-order valence-corrected chi connectivity index (χ3v) is 5.35. The molecule has 0 aromatic carbocycles. The molecule has 0 aliphatic carbocycles. The molecule has 0 saturated carbocycles. The fourth-order valence-corrected chi connectivity index (χ4v) is 3.63. The van der Waals surface area contributed by atoms with Crippen LogP contribution in [0.3, 0.4) is 0 Å². The number of hydrogen-bond acceptors (Lipinski definition) is 8. The summed E-state index contributed by atoms with van der Waals surface area (Å²) in [6.45, 7) is 3.05. The van der Waals surface area contributed by atoms with E-state index < -0.39 is 11.9 Å². The third kappa shape index (κ3) is 4.89. The van der Waals surface area contributed by atoms with Crippen molar-refractivity contribution < 1.29 is 23.2 Å². The summed E-state index contributed by atoms with van der Waals surface area (Å²) in [5, 5.41) is 7.88. The molecular weight excluding hydrogens is 411 g/mol. The van der Waals surface area contributed by atoms with Gasteiger partial charge in [0, 0.05) is 24.8 Å². The first-order valence-electron chi connectivity index (χ1n) is 9.36. The van der Waals surface area contributed by atoms with Gasteiger partial charge in [-0.2, -0.15) is 0 Å². The van der Waals surface area contributed by atoms with Crippen molar-refractivity contribution in [3.63, 3.8) is 0 Å². The Hall–Kier alpha value is -3.11. The summed E-state index contributed by atoms with van der Waals surface area (Å²) in [5.74, 6) is 0.170. The van der Waals surface area contributed by atoms with Crippen molar-refractivity contribution in [2.24, 2.45) is 0 Å². The lowest BCUT2D eigenvalue weighted by Crippen LogP contribution is -2.40. The summed E-state index contributed by atoms with van der Waals surface area (Å²) < 4.78 is 29.0. The topological polar surface area (TPSA) is 99.4 Å². The first kappa shape index (κ1) is 20.2. The number of carbonyl (C=O) groups is 1. The van der Waals surface area contributed by atoms with E-state index in [0.29, 0.717) is 46.0 Å². The molecule has 3 aromatic rings. The van der Waals surface area contributed by atoms with Gasteiger partial charge in [0.05, 0.1) is 18.1 Å². The molecule has 1 fully saturated rings. The zero-order chi connectivity index (χ0) is 20.9. The van der Waals surface area contributed by atoms with Crippen LogP contribution in [0.2, 0.25) is 0 Å². The van der Waals surface area contributed by atoms with Gasteiger partial charge in [-0.25, -0.2) is 14.2 Å². The van der Waals surface area contributed by atoms with Crippen molar-refractivity contribution in [2.75, 3.05) is 13.2 Å². The van der Waals surface area contributed by atoms with Gasteiger partial charge in [-0.3, -0.25) is 4.98 Å². The number of nitrogens with zero attached hydrogens (tertiary/aromatic N) is 3. The van der Waals surface area contributed by atoms with Crippen LogP contribution in [-0.2, 0) is 4.74 Å². The standard InChI is InChI=1S/C20H19FN4O4S/c1-12-15(19(25-29-12)16-4-2-13(21)10-22-16)3-5-17-23-11-18(30-17)28-20(26)24-14-6-8-27-9-7-14/h2-5,10-11,14H,6-9H2,1H3,(H,24,26)/b5-3+. The van der Waals surface area contributed by atoms with Crippen molar-refractivity contribution in [3.8, 4) is 16.5 Å². The Labute approximate surface area is 175 Å². The van der Waals surface area contributed by atoms with Gasteiger partial charge in [0.1, 0.15) is 22.3 Å². The molecule has 8 nitrogen and oxygen atoms in total. The van der Waals surface area contributed by atoms with E-state index in [1.165, 1.54) is 29.7 Å². The Morgan fingerprint density at radius 3 is 2.87 bits per heavy atom. The summed E-state index contributed by atoms with van der Waals surface area (Å²) in [6.07, 6.45) is 7.22. The molecule has 0 bridgehead atoms. The van der Waals surface area contributed by atoms with Gasteiger partial charge in [0.15, 0.2) is 0 Å². The number of rotatable bonds is 5. The smallest absolute Gasteiger partial charge is 0.397 e. The fourth-order valence-electron chi connectivity index (χ4n) is 2.96. The molecule has 1 aliphatic heterocycles. The average molecular weight is 430 g/mol. The van der Waals surface area contributed by atoms with Crippen LogP contribution >= 0.6 is 11.3 Å². The van der Waals surface area contributed by atoms with Crippen LogP contribution in [0, 0.1) is 12.7 Å². The van der Waals surface area contributed by atoms with Crippen LogP contribution in [0.25, 0.3) is 23.5 Å². The molecule has 4 rings (SSSR count). The van der Waals surface area contributed by atoms with E-state index in [-0.39, 0.29) is 6.04 Å². The van der Waals surface area contributed by atoms with E-state index in [4.69, 9.17) is 14.0 Å². The van der Waals surface area contributed by atoms with Crippen LogP contribution in [0.1, 0.15) is 29.2 Å². The highest BCUT2D eigenvalue weighted by Crippen LogP contribution is 2.28. The van der Waals surface area contributed by atoms with Gasteiger partial charge in [0.2, 0.25) is 5.06 Å². The lowest BCUT2D eigenvalue weighted by atomic mass is 10.1. The molecular formula is C20H19FN4O4S. The minimum absolute atomic E-state index is 0.0635. The van der Waals surface area contributed by atoms with Crippen molar-refractivity contribution >= 4 is 29.6 Å². The summed E-state index contributed by atoms with van der Waals surface area (Å²) in [5.41, 5.74) is 1.72. The number of ether oxygens (including phenoxy) is 2. The van der Waals surface area contributed by atoms with Gasteiger partial charge in [-0.1, -0.05) is 16.5 Å². The van der Waals surface area contributed by atoms with Crippen LogP contribution in [0.4, 0.5) is 9.18 Å². The molecule has 30 heavy (non-hydrogen) atoms. The van der Waals surface area contributed by atoms with Crippen LogP contribution in [0.5, 0.6) is 5.06 Å². The number of aromatic nitrogens is 3. The van der Waals surface area contributed by atoms with Gasteiger partial charge >= 0.3 is 6.09 Å². The maximum absolute atomic E-state index is 13.1. The minimum atomic E-state index is -0.499. The largest absolute Gasteiger partial charge is 0.413 e. The molecule has 1 saturated heterocycles. The van der Waals surface area contributed by atoms with Crippen LogP contribution < -0.4 is 10.1 Å². The van der Waals surface area contributed by atoms with E-state index in [1.807, 2.05) is 0 Å². The number of carbonyl (C=O) groups excluding carboxylic acids is 1. The molecule has 4 heterocycles. The molecule has 0 unspecified atom stereocenters. The molecule has 10 heteroatoms. The molecule has 3 aromatic heterocycles. The highest BCUT2D eigenvalue weighted by Gasteiger charge is 2.18. The quantitative estimate of drug-likeness (QED) is 0.651. The Morgan fingerprint density at radius 1 is 1.27 bits per heavy atom. The second-order valence-corrected chi connectivity index (χ2v) is 7.66. The first-order chi connectivity index (χ1) is 14.6. The van der Waals surface area contributed by atoms with Crippen molar-refractivity contribution in [3.05, 3.63) is 46.7 Å². The summed E-state index contributed by atoms with van der Waals surface area (Å²) in [6, 6.07) is 2.92. The molecule has 0 spiro atoms. The third-order valence-electron chi connectivity index (χ3n) is 4.51. The molecule has 1 amide bonds. The van der Waals surface area contributed by atoms with Crippen molar-refractivity contribution in [1.29, 1.82) is 0 Å². The maximum atomic E-state index is 13.1. The molecule has 1 N–H and O–H groups in total. The zero-order valence-corrected chi connectivity index (χ0v) is 16.9. The summed E-state index contributed by atoms with van der Waals surface area (Å²) in [4.78, 5) is 20.3. The Kier molecular flexibility index (Phi) is 6.15. The molecule has 0 radical (unpaired) electrons. The number of aryl methyl sites for hydroxylation is 1. The highest BCUT2D eigenvalue weighted by molar-refractivity contribution is 7.14. The predicted octanol–water partition coefficient (Wildman–Crippen LogP) is 4.08. The van der Waals surface area contributed by atoms with Gasteiger partial charge < -0.3 is 19.3 Å². The molecule has 1 aliphatic rings. The van der Waals surface area contributed by atoms with Crippen LogP contribution in [-0.4, -0.2) is 40.5 Å². The van der Waals surface area contributed by atoms with Gasteiger partial charge in [-0.15, -0.1) is 0 Å². The molecule has 156 valence electrons. The van der Waals surface area contributed by atoms with Crippen molar-refractivity contribution in [2.45, 2.75) is 25.8 Å². The number of pyridine rings is 1. The second kappa shape index (κ2) is 9.14. The Balaban J connectivity index is 1.42. The van der Waals surface area contributed by atoms with Crippen molar-refractivity contribution in [1.82, 2.24) is 20.4 Å². The fraction of sp³-hybridized carbons (Fsp3) is 0.300. The number of nitrogens with one attached hydrogen (secondary N) is 1. The second-order valence-electron chi connectivity index (χ2n) is 6.63. The van der Waals surface area contributed by atoms with E-state index in [9.17, 15) is 9.18 Å². The minimum Gasteiger partial charge on any atom is -0.397 e. The van der Waals surface area contributed by atoms with Gasteiger partial charge in [-0.05, 0) is 44.1 Å². The average Bonchev–Trinajstić information content (AvgIpc) is 3.34. The Bertz CT molecular complexity index is 1040. The van der Waals surface area contributed by atoms with E-state index in [0.717, 1.165) is 19.0 Å². The number of halogens is 1. The SMILES string of the molecule is Cc1onc(-c2ccc(F)cn2)c1/C=C/c1ncc(OC(=O)NC2CCOCC2)s1. The Morgan fingerprint density at radius 2 is 2.10 bits per heavy atom. The first-order valence-corrected chi connectivity index (χ1v) is 10.2. The lowest BCUT2D eigenvalue weighted by molar-refractivity contribution is 0.0779. The maximum Gasteiger partial charge on any atom is 0.413 e. The van der Waals surface area contributed by atoms with Crippen LogP contribution in [0.15, 0.2) is 29.0 Å². The monoisotopic (exact) mass is 430 g/mol.